The predicted octanol–water partition coefficient (Wildman–Crippen LogP) is 1.87. The summed E-state index contributed by atoms with van der Waals surface area (Å²) in [7, 11) is -3.34. The molecule has 0 aromatic heterocycles. The third kappa shape index (κ3) is 3.22. The second kappa shape index (κ2) is 5.47. The Balaban J connectivity index is 1.65. The van der Waals surface area contributed by atoms with Crippen LogP contribution in [0.4, 0.5) is 0 Å². The van der Waals surface area contributed by atoms with Crippen molar-refractivity contribution in [2.45, 2.75) is 25.5 Å². The van der Waals surface area contributed by atoms with E-state index in [0.717, 1.165) is 38.7 Å². The van der Waals surface area contributed by atoms with E-state index in [1.807, 2.05) is 6.07 Å². The minimum Gasteiger partial charge on any atom is -0.298 e. The highest BCUT2D eigenvalue weighted by Gasteiger charge is 2.44. The van der Waals surface area contributed by atoms with Gasteiger partial charge in [-0.3, -0.25) is 9.08 Å². The fourth-order valence-corrected chi connectivity index (χ4v) is 4.32. The first-order valence-electron chi connectivity index (χ1n) is 7.16. The van der Waals surface area contributed by atoms with Crippen LogP contribution in [0.2, 0.25) is 0 Å². The van der Waals surface area contributed by atoms with E-state index in [9.17, 15) is 8.42 Å². The summed E-state index contributed by atoms with van der Waals surface area (Å²) in [4.78, 5) is 2.43. The molecule has 0 unspecified atom stereocenters. The van der Waals surface area contributed by atoms with Crippen LogP contribution in [-0.4, -0.2) is 38.8 Å². The first-order chi connectivity index (χ1) is 9.51. The number of hydrogen-bond acceptors (Lipinski definition) is 4. The molecular weight excluding hydrogens is 274 g/mol. The van der Waals surface area contributed by atoms with Crippen molar-refractivity contribution >= 4 is 10.1 Å². The van der Waals surface area contributed by atoms with Gasteiger partial charge in [0.15, 0.2) is 0 Å². The molecular formula is C15H21NO3S. The quantitative estimate of drug-likeness (QED) is 0.796. The molecule has 20 heavy (non-hydrogen) atoms. The van der Waals surface area contributed by atoms with Crippen molar-refractivity contribution in [3.63, 3.8) is 0 Å². The van der Waals surface area contributed by atoms with Crippen molar-refractivity contribution in [2.75, 3.05) is 19.3 Å². The lowest BCUT2D eigenvalue weighted by Crippen LogP contribution is -2.46. The summed E-state index contributed by atoms with van der Waals surface area (Å²) in [5, 5.41) is 0. The van der Waals surface area contributed by atoms with Crippen LogP contribution in [0, 0.1) is 11.8 Å². The van der Waals surface area contributed by atoms with E-state index in [0.29, 0.717) is 11.8 Å². The number of benzene rings is 1. The Morgan fingerprint density at radius 2 is 1.75 bits per heavy atom. The van der Waals surface area contributed by atoms with E-state index >= 15 is 0 Å². The highest BCUT2D eigenvalue weighted by Crippen LogP contribution is 2.39. The predicted molar refractivity (Wildman–Crippen MR) is 77.6 cm³/mol. The maximum absolute atomic E-state index is 11.4. The van der Waals surface area contributed by atoms with Crippen molar-refractivity contribution in [3.05, 3.63) is 35.9 Å². The summed E-state index contributed by atoms with van der Waals surface area (Å²) in [6.45, 7) is 2.82. The Morgan fingerprint density at radius 3 is 2.30 bits per heavy atom. The molecule has 3 atom stereocenters. The summed E-state index contributed by atoms with van der Waals surface area (Å²) in [6.07, 6.45) is 3.21. The number of nitrogens with zero attached hydrogens (tertiary/aromatic N) is 1. The SMILES string of the molecule is CS(=O)(=O)O[C@H]1[C@@H]2CC[C@H]1CN(Cc1ccccc1)C2. The number of piperidine rings is 1. The Morgan fingerprint density at radius 1 is 1.15 bits per heavy atom. The lowest BCUT2D eigenvalue weighted by Gasteiger charge is -2.37. The van der Waals surface area contributed by atoms with Crippen LogP contribution in [0.3, 0.4) is 0 Å². The van der Waals surface area contributed by atoms with Gasteiger partial charge in [-0.1, -0.05) is 30.3 Å². The van der Waals surface area contributed by atoms with Crippen LogP contribution >= 0.6 is 0 Å². The molecule has 0 amide bonds. The molecule has 1 aromatic rings. The van der Waals surface area contributed by atoms with Gasteiger partial charge in [-0.05, 0) is 30.2 Å². The highest BCUT2D eigenvalue weighted by atomic mass is 32.2. The maximum Gasteiger partial charge on any atom is 0.264 e. The zero-order valence-electron chi connectivity index (χ0n) is 11.7. The molecule has 0 spiro atoms. The van der Waals surface area contributed by atoms with Gasteiger partial charge in [-0.15, -0.1) is 0 Å². The maximum atomic E-state index is 11.4. The van der Waals surface area contributed by atoms with Gasteiger partial charge < -0.3 is 0 Å². The van der Waals surface area contributed by atoms with Crippen LogP contribution < -0.4 is 0 Å². The summed E-state index contributed by atoms with van der Waals surface area (Å²) in [5.41, 5.74) is 1.31. The number of fused-ring (bicyclic) bond motifs is 2. The van der Waals surface area contributed by atoms with Gasteiger partial charge in [0.05, 0.1) is 12.4 Å². The van der Waals surface area contributed by atoms with E-state index in [-0.39, 0.29) is 6.10 Å². The first-order valence-corrected chi connectivity index (χ1v) is 8.97. The summed E-state index contributed by atoms with van der Waals surface area (Å²) >= 11 is 0. The fraction of sp³-hybridized carbons (Fsp3) is 0.600. The summed E-state index contributed by atoms with van der Waals surface area (Å²) in [5.74, 6) is 0.708. The van der Waals surface area contributed by atoms with Gasteiger partial charge in [0.25, 0.3) is 10.1 Å². The molecule has 1 aliphatic carbocycles. The molecule has 1 aromatic carbocycles. The second-order valence-electron chi connectivity index (χ2n) is 6.04. The van der Waals surface area contributed by atoms with E-state index in [4.69, 9.17) is 4.18 Å². The summed E-state index contributed by atoms with van der Waals surface area (Å²) < 4.78 is 28.0. The van der Waals surface area contributed by atoms with Crippen molar-refractivity contribution < 1.29 is 12.6 Å². The zero-order chi connectivity index (χ0) is 14.2. The van der Waals surface area contributed by atoms with Crippen molar-refractivity contribution in [2.24, 2.45) is 11.8 Å². The topological polar surface area (TPSA) is 46.6 Å². The molecule has 2 aliphatic rings. The normalized spacial score (nSPS) is 30.6. The van der Waals surface area contributed by atoms with Gasteiger partial charge in [0, 0.05) is 19.6 Å². The Hall–Kier alpha value is -0.910. The molecule has 1 aliphatic heterocycles. The molecule has 2 bridgehead atoms. The fourth-order valence-electron chi connectivity index (χ4n) is 3.60. The molecule has 2 fully saturated rings. The van der Waals surface area contributed by atoms with Crippen LogP contribution in [0.5, 0.6) is 0 Å². The lowest BCUT2D eigenvalue weighted by molar-refractivity contribution is 0.0357. The largest absolute Gasteiger partial charge is 0.298 e. The molecule has 1 saturated carbocycles. The number of rotatable bonds is 4. The molecule has 3 rings (SSSR count). The van der Waals surface area contributed by atoms with E-state index in [2.05, 4.69) is 29.2 Å². The highest BCUT2D eigenvalue weighted by molar-refractivity contribution is 7.86. The van der Waals surface area contributed by atoms with Gasteiger partial charge in [-0.2, -0.15) is 8.42 Å². The van der Waals surface area contributed by atoms with Crippen LogP contribution in [-0.2, 0) is 20.8 Å². The molecule has 5 heteroatoms. The van der Waals surface area contributed by atoms with Gasteiger partial charge in [0.2, 0.25) is 0 Å². The molecule has 1 saturated heterocycles. The van der Waals surface area contributed by atoms with Crippen LogP contribution in [0.1, 0.15) is 18.4 Å². The average molecular weight is 295 g/mol. The molecule has 110 valence electrons. The van der Waals surface area contributed by atoms with Crippen LogP contribution in [0.15, 0.2) is 30.3 Å². The minimum absolute atomic E-state index is 0.1000. The zero-order valence-corrected chi connectivity index (χ0v) is 12.6. The Labute approximate surface area is 120 Å². The molecule has 0 radical (unpaired) electrons. The van der Waals surface area contributed by atoms with E-state index in [1.165, 1.54) is 5.56 Å². The standard InChI is InChI=1S/C15H21NO3S/c1-20(17,18)19-15-13-7-8-14(15)11-16(10-13)9-12-5-3-2-4-6-12/h2-6,13-15H,7-11H2,1H3/t13-,14+,15+. The third-order valence-corrected chi connectivity index (χ3v) is 4.93. The number of likely N-dealkylation sites (tertiary alicyclic amines) is 1. The Bertz CT molecular complexity index is 544. The van der Waals surface area contributed by atoms with E-state index < -0.39 is 10.1 Å². The monoisotopic (exact) mass is 295 g/mol. The van der Waals surface area contributed by atoms with Crippen LogP contribution in [0.25, 0.3) is 0 Å². The van der Waals surface area contributed by atoms with Gasteiger partial charge >= 0.3 is 0 Å². The second-order valence-corrected chi connectivity index (χ2v) is 7.64. The van der Waals surface area contributed by atoms with Gasteiger partial charge in [-0.25, -0.2) is 0 Å². The molecule has 1 heterocycles. The smallest absolute Gasteiger partial charge is 0.264 e. The average Bonchev–Trinajstić information content (AvgIpc) is 2.61. The van der Waals surface area contributed by atoms with Crippen molar-refractivity contribution in [1.82, 2.24) is 4.90 Å². The van der Waals surface area contributed by atoms with Crippen molar-refractivity contribution in [3.8, 4) is 0 Å². The van der Waals surface area contributed by atoms with Gasteiger partial charge in [0.1, 0.15) is 0 Å². The third-order valence-electron chi connectivity index (χ3n) is 4.36. The number of hydrogen-bond donors (Lipinski definition) is 0. The summed E-state index contributed by atoms with van der Waals surface area (Å²) in [6, 6.07) is 10.4. The molecule has 0 N–H and O–H groups in total. The molecule has 4 nitrogen and oxygen atoms in total. The minimum atomic E-state index is -3.34. The first kappa shape index (κ1) is 14.0. The van der Waals surface area contributed by atoms with Crippen molar-refractivity contribution in [1.29, 1.82) is 0 Å². The van der Waals surface area contributed by atoms with E-state index in [1.54, 1.807) is 0 Å². The Kier molecular flexibility index (Phi) is 3.84. The lowest BCUT2D eigenvalue weighted by atomic mass is 9.95.